The smallest absolute Gasteiger partial charge is 0.212 e. The normalized spacial score (nSPS) is 9.00. The van der Waals surface area contributed by atoms with Crippen LogP contribution in [0.25, 0.3) is 0 Å². The van der Waals surface area contributed by atoms with E-state index in [2.05, 4.69) is 9.69 Å². The van der Waals surface area contributed by atoms with Crippen LogP contribution in [0.3, 0.4) is 0 Å². The van der Waals surface area contributed by atoms with Crippen LogP contribution in [0.15, 0.2) is 6.07 Å². The number of carbonyl (C=O) groups excluding carboxylic acids is 1. The highest BCUT2D eigenvalue weighted by atomic mass is 35.5. The van der Waals surface area contributed by atoms with E-state index < -0.39 is 0 Å². The number of halogens is 1. The zero-order valence-corrected chi connectivity index (χ0v) is 5.87. The van der Waals surface area contributed by atoms with Gasteiger partial charge in [0, 0.05) is 6.07 Å². The topological polar surface area (TPSA) is 42.0 Å². The Hall–Kier alpha value is -0.610. The van der Waals surface area contributed by atoms with E-state index >= 15 is 0 Å². The summed E-state index contributed by atoms with van der Waals surface area (Å²) < 4.78 is 3.72. The summed E-state index contributed by atoms with van der Waals surface area (Å²) in [5.74, 6) is 0. The number of nitrogens with one attached hydrogen (secondary N) is 1. The molecule has 0 saturated heterocycles. The molecule has 0 saturated carbocycles. The average molecular weight is 163 g/mol. The van der Waals surface area contributed by atoms with E-state index in [1.807, 2.05) is 0 Å². The summed E-state index contributed by atoms with van der Waals surface area (Å²) in [6, 6.07) is 1.58. The quantitative estimate of drug-likeness (QED) is 0.668. The van der Waals surface area contributed by atoms with Gasteiger partial charge in [-0.05, 0) is 11.5 Å². The highest BCUT2D eigenvalue weighted by molar-refractivity contribution is 7.10. The van der Waals surface area contributed by atoms with Crippen molar-refractivity contribution in [3.05, 3.63) is 11.2 Å². The van der Waals surface area contributed by atoms with Gasteiger partial charge in [-0.3, -0.25) is 4.79 Å². The number of carbonyl (C=O) groups is 1. The van der Waals surface area contributed by atoms with Crippen molar-refractivity contribution in [1.29, 1.82) is 0 Å². The molecule has 1 heterocycles. The van der Waals surface area contributed by atoms with Gasteiger partial charge in [0.1, 0.15) is 10.2 Å². The third kappa shape index (κ3) is 1.65. The van der Waals surface area contributed by atoms with E-state index in [4.69, 9.17) is 11.6 Å². The van der Waals surface area contributed by atoms with Crippen molar-refractivity contribution in [2.75, 3.05) is 5.32 Å². The van der Waals surface area contributed by atoms with Gasteiger partial charge < -0.3 is 5.32 Å². The third-order valence-corrected chi connectivity index (χ3v) is 1.70. The number of hydrogen-bond acceptors (Lipinski definition) is 3. The molecular weight excluding hydrogens is 160 g/mol. The van der Waals surface area contributed by atoms with Crippen molar-refractivity contribution in [3.63, 3.8) is 0 Å². The average Bonchev–Trinajstić information content (AvgIpc) is 2.17. The molecule has 0 radical (unpaired) electrons. The second-order valence-corrected chi connectivity index (χ2v) is 2.47. The van der Waals surface area contributed by atoms with Crippen LogP contribution in [0.5, 0.6) is 0 Å². The van der Waals surface area contributed by atoms with Gasteiger partial charge in [-0.15, -0.1) is 0 Å². The van der Waals surface area contributed by atoms with Gasteiger partial charge in [0.2, 0.25) is 6.41 Å². The van der Waals surface area contributed by atoms with Crippen LogP contribution in [0.2, 0.25) is 5.15 Å². The van der Waals surface area contributed by atoms with Crippen molar-refractivity contribution in [2.24, 2.45) is 0 Å². The zero-order valence-electron chi connectivity index (χ0n) is 4.30. The summed E-state index contributed by atoms with van der Waals surface area (Å²) in [5, 5.41) is 3.49. The first kappa shape index (κ1) is 6.51. The Morgan fingerprint density at radius 2 is 2.67 bits per heavy atom. The van der Waals surface area contributed by atoms with Crippen molar-refractivity contribution >= 4 is 34.5 Å². The summed E-state index contributed by atoms with van der Waals surface area (Å²) in [5.41, 5.74) is 0. The van der Waals surface area contributed by atoms with Crippen LogP contribution >= 0.6 is 23.1 Å². The van der Waals surface area contributed by atoms with Crippen molar-refractivity contribution in [1.82, 2.24) is 4.37 Å². The summed E-state index contributed by atoms with van der Waals surface area (Å²) in [6.07, 6.45) is 0.587. The van der Waals surface area contributed by atoms with E-state index in [0.29, 0.717) is 16.6 Å². The lowest BCUT2D eigenvalue weighted by molar-refractivity contribution is -0.105. The lowest BCUT2D eigenvalue weighted by Gasteiger charge is -1.83. The Balaban J connectivity index is 2.72. The predicted molar refractivity (Wildman–Crippen MR) is 36.8 cm³/mol. The van der Waals surface area contributed by atoms with Crippen LogP contribution in [-0.4, -0.2) is 10.8 Å². The third-order valence-electron chi connectivity index (χ3n) is 0.683. The molecular formula is C4H3ClN2OS. The lowest BCUT2D eigenvalue weighted by atomic mass is 10.7. The first-order valence-corrected chi connectivity index (χ1v) is 3.30. The van der Waals surface area contributed by atoms with Gasteiger partial charge in [-0.25, -0.2) is 0 Å². The lowest BCUT2D eigenvalue weighted by Crippen LogP contribution is -1.88. The van der Waals surface area contributed by atoms with Gasteiger partial charge in [0.15, 0.2) is 0 Å². The summed E-state index contributed by atoms with van der Waals surface area (Å²) in [6.45, 7) is 0. The van der Waals surface area contributed by atoms with Crippen LogP contribution < -0.4 is 5.32 Å². The maximum atomic E-state index is 9.81. The number of hydrogen-bond donors (Lipinski definition) is 1. The fourth-order valence-corrected chi connectivity index (χ4v) is 1.16. The Morgan fingerprint density at radius 1 is 1.89 bits per heavy atom. The maximum absolute atomic E-state index is 9.81. The maximum Gasteiger partial charge on any atom is 0.212 e. The predicted octanol–water partition coefficient (Wildman–Crippen LogP) is 1.36. The molecule has 0 aliphatic rings. The van der Waals surface area contributed by atoms with Crippen LogP contribution in [0.4, 0.5) is 5.00 Å². The number of amides is 1. The van der Waals surface area contributed by atoms with Crippen molar-refractivity contribution < 1.29 is 4.79 Å². The largest absolute Gasteiger partial charge is 0.319 e. The van der Waals surface area contributed by atoms with E-state index in [9.17, 15) is 4.79 Å². The van der Waals surface area contributed by atoms with Crippen molar-refractivity contribution in [3.8, 4) is 0 Å². The van der Waals surface area contributed by atoms with Gasteiger partial charge in [0.05, 0.1) is 0 Å². The fraction of sp³-hybridized carbons (Fsp3) is 0. The monoisotopic (exact) mass is 162 g/mol. The van der Waals surface area contributed by atoms with Crippen LogP contribution in [0.1, 0.15) is 0 Å². The van der Waals surface area contributed by atoms with Gasteiger partial charge in [-0.1, -0.05) is 11.6 Å². The molecule has 0 unspecified atom stereocenters. The zero-order chi connectivity index (χ0) is 6.69. The minimum atomic E-state index is 0.407. The standard InChI is InChI=1S/C4H3ClN2OS/c5-3-1-4(6-2-8)9-7-3/h1-2H,(H,6,8). The molecule has 0 aromatic carbocycles. The molecule has 1 rings (SSSR count). The minimum Gasteiger partial charge on any atom is -0.319 e. The molecule has 1 amide bonds. The second kappa shape index (κ2) is 2.80. The molecule has 5 heteroatoms. The Morgan fingerprint density at radius 3 is 3.11 bits per heavy atom. The molecule has 0 aliphatic carbocycles. The van der Waals surface area contributed by atoms with Gasteiger partial charge >= 0.3 is 0 Å². The highest BCUT2D eigenvalue weighted by Crippen LogP contribution is 2.18. The van der Waals surface area contributed by atoms with Crippen LogP contribution in [-0.2, 0) is 4.79 Å². The molecule has 9 heavy (non-hydrogen) atoms. The molecule has 0 aliphatic heterocycles. The van der Waals surface area contributed by atoms with Crippen molar-refractivity contribution in [2.45, 2.75) is 0 Å². The molecule has 48 valence electrons. The summed E-state index contributed by atoms with van der Waals surface area (Å²) in [7, 11) is 0. The SMILES string of the molecule is O=CNc1cc(Cl)ns1. The number of aromatic nitrogens is 1. The van der Waals surface area contributed by atoms with E-state index in [0.717, 1.165) is 11.5 Å². The first-order valence-electron chi connectivity index (χ1n) is 2.15. The highest BCUT2D eigenvalue weighted by Gasteiger charge is 1.94. The molecule has 3 nitrogen and oxygen atoms in total. The van der Waals surface area contributed by atoms with E-state index in [-0.39, 0.29) is 0 Å². The number of anilines is 1. The molecule has 0 atom stereocenters. The molecule has 0 bridgehead atoms. The fourth-order valence-electron chi connectivity index (χ4n) is 0.380. The molecule has 1 aromatic rings. The summed E-state index contributed by atoms with van der Waals surface area (Å²) in [4.78, 5) is 9.81. The Labute approximate surface area is 60.8 Å². The molecule has 0 fully saturated rings. The van der Waals surface area contributed by atoms with Gasteiger partial charge in [-0.2, -0.15) is 4.37 Å². The Kier molecular flexibility index (Phi) is 2.02. The summed E-state index contributed by atoms with van der Waals surface area (Å²) >= 11 is 6.59. The van der Waals surface area contributed by atoms with E-state index in [1.54, 1.807) is 6.07 Å². The number of nitrogens with zero attached hydrogens (tertiary/aromatic N) is 1. The van der Waals surface area contributed by atoms with Gasteiger partial charge in [0.25, 0.3) is 0 Å². The van der Waals surface area contributed by atoms with E-state index in [1.165, 1.54) is 0 Å². The Bertz CT molecular complexity index is 212. The molecule has 1 aromatic heterocycles. The second-order valence-electron chi connectivity index (χ2n) is 1.28. The molecule has 0 spiro atoms. The molecule has 1 N–H and O–H groups in total. The minimum absolute atomic E-state index is 0.407. The first-order chi connectivity index (χ1) is 4.33. The van der Waals surface area contributed by atoms with Crippen LogP contribution in [0, 0.1) is 0 Å². The number of rotatable bonds is 2.